The van der Waals surface area contributed by atoms with Gasteiger partial charge in [-0.05, 0) is 29.8 Å². The summed E-state index contributed by atoms with van der Waals surface area (Å²) in [6.45, 7) is 5.54. The zero-order chi connectivity index (χ0) is 19.9. The SMILES string of the molecule is CN=C(NCc1ccc(N2CCOCC2)cc1)Nc1ccc2c(c1)OCCCO2. The molecule has 2 aromatic rings. The summed E-state index contributed by atoms with van der Waals surface area (Å²) < 4.78 is 16.9. The second-order valence-electron chi connectivity index (χ2n) is 7.03. The van der Waals surface area contributed by atoms with Gasteiger partial charge in [0.25, 0.3) is 0 Å². The Balaban J connectivity index is 1.33. The van der Waals surface area contributed by atoms with Crippen molar-refractivity contribution >= 4 is 17.3 Å². The van der Waals surface area contributed by atoms with Gasteiger partial charge in [0.1, 0.15) is 0 Å². The lowest BCUT2D eigenvalue weighted by Crippen LogP contribution is -2.36. The third kappa shape index (κ3) is 5.12. The van der Waals surface area contributed by atoms with Crippen LogP contribution in [0.25, 0.3) is 0 Å². The van der Waals surface area contributed by atoms with E-state index in [1.54, 1.807) is 7.05 Å². The molecule has 7 heteroatoms. The van der Waals surface area contributed by atoms with Gasteiger partial charge in [-0.3, -0.25) is 4.99 Å². The first-order valence-corrected chi connectivity index (χ1v) is 10.1. The van der Waals surface area contributed by atoms with E-state index in [1.165, 1.54) is 11.3 Å². The van der Waals surface area contributed by atoms with E-state index in [2.05, 4.69) is 44.8 Å². The average Bonchev–Trinajstić information content (AvgIpc) is 3.02. The monoisotopic (exact) mass is 396 g/mol. The lowest BCUT2D eigenvalue weighted by atomic mass is 10.2. The third-order valence-electron chi connectivity index (χ3n) is 5.01. The number of fused-ring (bicyclic) bond motifs is 1. The van der Waals surface area contributed by atoms with Crippen molar-refractivity contribution in [3.8, 4) is 11.5 Å². The van der Waals surface area contributed by atoms with Gasteiger partial charge in [0.2, 0.25) is 0 Å². The molecule has 0 spiro atoms. The van der Waals surface area contributed by atoms with Crippen LogP contribution in [0.15, 0.2) is 47.5 Å². The predicted molar refractivity (Wildman–Crippen MR) is 115 cm³/mol. The van der Waals surface area contributed by atoms with Gasteiger partial charge in [0.15, 0.2) is 17.5 Å². The molecule has 0 saturated carbocycles. The maximum absolute atomic E-state index is 5.76. The number of hydrogen-bond acceptors (Lipinski definition) is 5. The summed E-state index contributed by atoms with van der Waals surface area (Å²) in [6, 6.07) is 14.5. The van der Waals surface area contributed by atoms with Crippen molar-refractivity contribution in [1.82, 2.24) is 5.32 Å². The Morgan fingerprint density at radius 1 is 0.966 bits per heavy atom. The van der Waals surface area contributed by atoms with Crippen LogP contribution in [0, 0.1) is 0 Å². The molecule has 0 unspecified atom stereocenters. The fraction of sp³-hybridized carbons (Fsp3) is 0.409. The van der Waals surface area contributed by atoms with Crippen LogP contribution >= 0.6 is 0 Å². The zero-order valence-corrected chi connectivity index (χ0v) is 16.8. The lowest BCUT2D eigenvalue weighted by molar-refractivity contribution is 0.122. The molecule has 154 valence electrons. The van der Waals surface area contributed by atoms with Crippen molar-refractivity contribution in [2.75, 3.05) is 56.8 Å². The maximum Gasteiger partial charge on any atom is 0.195 e. The van der Waals surface area contributed by atoms with E-state index in [0.29, 0.717) is 25.7 Å². The molecule has 2 heterocycles. The molecule has 1 saturated heterocycles. The molecule has 0 aliphatic carbocycles. The van der Waals surface area contributed by atoms with Crippen LogP contribution in [-0.2, 0) is 11.3 Å². The van der Waals surface area contributed by atoms with E-state index in [4.69, 9.17) is 14.2 Å². The molecule has 29 heavy (non-hydrogen) atoms. The Bertz CT molecular complexity index is 832. The summed E-state index contributed by atoms with van der Waals surface area (Å²) in [6.07, 6.45) is 0.894. The summed E-state index contributed by atoms with van der Waals surface area (Å²) in [5, 5.41) is 6.67. The standard InChI is InChI=1S/C22H28N4O3/c1-23-22(25-18-5-8-20-21(15-18)29-12-2-11-28-20)24-16-17-3-6-19(7-4-17)26-9-13-27-14-10-26/h3-8,15H,2,9-14,16H2,1H3,(H2,23,24,25). The molecule has 0 aromatic heterocycles. The van der Waals surface area contributed by atoms with Gasteiger partial charge in [-0.25, -0.2) is 0 Å². The Kier molecular flexibility index (Phi) is 6.36. The van der Waals surface area contributed by atoms with Crippen molar-refractivity contribution in [1.29, 1.82) is 0 Å². The van der Waals surface area contributed by atoms with Crippen molar-refractivity contribution < 1.29 is 14.2 Å². The lowest BCUT2D eigenvalue weighted by Gasteiger charge is -2.28. The van der Waals surface area contributed by atoms with Gasteiger partial charge in [-0.1, -0.05) is 12.1 Å². The smallest absolute Gasteiger partial charge is 0.195 e. The van der Waals surface area contributed by atoms with Gasteiger partial charge in [0.05, 0.1) is 26.4 Å². The van der Waals surface area contributed by atoms with Crippen molar-refractivity contribution in [3.05, 3.63) is 48.0 Å². The fourth-order valence-electron chi connectivity index (χ4n) is 3.39. The first-order chi connectivity index (χ1) is 14.3. The Hall–Kier alpha value is -2.93. The minimum Gasteiger partial charge on any atom is -0.490 e. The molecule has 1 fully saturated rings. The highest BCUT2D eigenvalue weighted by molar-refractivity contribution is 5.93. The number of rotatable bonds is 4. The van der Waals surface area contributed by atoms with Crippen LogP contribution in [-0.4, -0.2) is 52.5 Å². The number of morpholine rings is 1. The molecular weight excluding hydrogens is 368 g/mol. The maximum atomic E-state index is 5.76. The predicted octanol–water partition coefficient (Wildman–Crippen LogP) is 2.87. The van der Waals surface area contributed by atoms with E-state index in [-0.39, 0.29) is 0 Å². The van der Waals surface area contributed by atoms with Crippen molar-refractivity contribution in [2.24, 2.45) is 4.99 Å². The highest BCUT2D eigenvalue weighted by Gasteiger charge is 2.12. The number of aliphatic imine (C=N–C) groups is 1. The summed E-state index contributed by atoms with van der Waals surface area (Å²) in [5.74, 6) is 2.26. The molecule has 0 amide bonds. The molecule has 2 N–H and O–H groups in total. The number of guanidine groups is 1. The molecule has 2 aliphatic heterocycles. The number of hydrogen-bond donors (Lipinski definition) is 2. The van der Waals surface area contributed by atoms with Gasteiger partial charge >= 0.3 is 0 Å². The first-order valence-electron chi connectivity index (χ1n) is 10.1. The minimum absolute atomic E-state index is 0.671. The second kappa shape index (κ2) is 9.52. The highest BCUT2D eigenvalue weighted by Crippen LogP contribution is 2.32. The number of nitrogens with zero attached hydrogens (tertiary/aromatic N) is 2. The number of anilines is 2. The molecule has 7 nitrogen and oxygen atoms in total. The average molecular weight is 396 g/mol. The molecule has 0 radical (unpaired) electrons. The summed E-state index contributed by atoms with van der Waals surface area (Å²) in [7, 11) is 1.76. The molecule has 0 atom stereocenters. The minimum atomic E-state index is 0.671. The van der Waals surface area contributed by atoms with Gasteiger partial charge < -0.3 is 29.7 Å². The number of nitrogens with one attached hydrogen (secondary N) is 2. The van der Waals surface area contributed by atoms with E-state index in [0.717, 1.165) is 49.9 Å². The van der Waals surface area contributed by atoms with E-state index in [9.17, 15) is 0 Å². The normalized spacial score (nSPS) is 16.9. The fourth-order valence-corrected chi connectivity index (χ4v) is 3.39. The second-order valence-corrected chi connectivity index (χ2v) is 7.03. The molecule has 2 aliphatic rings. The van der Waals surface area contributed by atoms with Crippen molar-refractivity contribution in [2.45, 2.75) is 13.0 Å². The summed E-state index contributed by atoms with van der Waals surface area (Å²) >= 11 is 0. The van der Waals surface area contributed by atoms with E-state index >= 15 is 0 Å². The first kappa shape index (κ1) is 19.4. The largest absolute Gasteiger partial charge is 0.490 e. The quantitative estimate of drug-likeness (QED) is 0.612. The zero-order valence-electron chi connectivity index (χ0n) is 16.8. The Labute approximate surface area is 171 Å². The van der Waals surface area contributed by atoms with E-state index in [1.807, 2.05) is 18.2 Å². The van der Waals surface area contributed by atoms with Crippen LogP contribution in [0.3, 0.4) is 0 Å². The Morgan fingerprint density at radius 2 is 1.72 bits per heavy atom. The van der Waals surface area contributed by atoms with Crippen LogP contribution < -0.4 is 25.0 Å². The van der Waals surface area contributed by atoms with Gasteiger partial charge in [-0.15, -0.1) is 0 Å². The van der Waals surface area contributed by atoms with Crippen LogP contribution in [0.1, 0.15) is 12.0 Å². The van der Waals surface area contributed by atoms with Gasteiger partial charge in [-0.2, -0.15) is 0 Å². The number of benzene rings is 2. The molecule has 0 bridgehead atoms. The molecule has 2 aromatic carbocycles. The summed E-state index contributed by atoms with van der Waals surface area (Å²) in [5.41, 5.74) is 3.35. The Morgan fingerprint density at radius 3 is 2.48 bits per heavy atom. The van der Waals surface area contributed by atoms with Crippen LogP contribution in [0.2, 0.25) is 0 Å². The highest BCUT2D eigenvalue weighted by atomic mass is 16.5. The topological polar surface area (TPSA) is 67.4 Å². The van der Waals surface area contributed by atoms with Crippen molar-refractivity contribution in [3.63, 3.8) is 0 Å². The molecule has 4 rings (SSSR count). The van der Waals surface area contributed by atoms with Crippen LogP contribution in [0.4, 0.5) is 11.4 Å². The van der Waals surface area contributed by atoms with Crippen LogP contribution in [0.5, 0.6) is 11.5 Å². The van der Waals surface area contributed by atoms with Gasteiger partial charge in [0, 0.05) is 50.5 Å². The third-order valence-corrected chi connectivity index (χ3v) is 5.01. The van der Waals surface area contributed by atoms with E-state index < -0.39 is 0 Å². The number of ether oxygens (including phenoxy) is 3. The summed E-state index contributed by atoms with van der Waals surface area (Å²) in [4.78, 5) is 6.67. The molecular formula is C22H28N4O3.